The van der Waals surface area contributed by atoms with Crippen LogP contribution in [0.4, 0.5) is 0 Å². The molecule has 0 radical (unpaired) electrons. The summed E-state index contributed by atoms with van der Waals surface area (Å²) in [5, 5.41) is 8.49. The fourth-order valence-corrected chi connectivity index (χ4v) is 2.51. The molecular formula is C8H13NO3S. The Balaban J connectivity index is 2.35. The van der Waals surface area contributed by atoms with Crippen LogP contribution in [0.5, 0.6) is 0 Å². The van der Waals surface area contributed by atoms with E-state index in [2.05, 4.69) is 0 Å². The summed E-state index contributed by atoms with van der Waals surface area (Å²) in [7, 11) is 0. The number of aliphatic carboxylic acids is 1. The predicted octanol–water partition coefficient (Wildman–Crippen LogP) is 0.111. The van der Waals surface area contributed by atoms with Crippen molar-refractivity contribution in [2.24, 2.45) is 11.7 Å². The second-order valence-electron chi connectivity index (χ2n) is 3.18. The molecule has 1 saturated heterocycles. The van der Waals surface area contributed by atoms with Crippen molar-refractivity contribution < 1.29 is 14.7 Å². The lowest BCUT2D eigenvalue weighted by Crippen LogP contribution is -2.34. The zero-order chi connectivity index (χ0) is 9.84. The average molecular weight is 203 g/mol. The maximum atomic E-state index is 11.4. The van der Waals surface area contributed by atoms with Gasteiger partial charge in [0.25, 0.3) is 0 Å². The molecule has 3 N–H and O–H groups in total. The minimum Gasteiger partial charge on any atom is -0.480 e. The van der Waals surface area contributed by atoms with Crippen LogP contribution in [-0.4, -0.2) is 34.4 Å². The van der Waals surface area contributed by atoms with E-state index in [0.717, 1.165) is 17.9 Å². The molecule has 1 fully saturated rings. The summed E-state index contributed by atoms with van der Waals surface area (Å²) >= 11 is 1.74. The fourth-order valence-electron chi connectivity index (χ4n) is 1.26. The number of ketones is 1. The van der Waals surface area contributed by atoms with Crippen LogP contribution in [0.3, 0.4) is 0 Å². The van der Waals surface area contributed by atoms with E-state index in [9.17, 15) is 9.59 Å². The van der Waals surface area contributed by atoms with E-state index in [1.54, 1.807) is 11.8 Å². The second kappa shape index (κ2) is 4.62. The molecule has 13 heavy (non-hydrogen) atoms. The van der Waals surface area contributed by atoms with Gasteiger partial charge >= 0.3 is 5.97 Å². The fraction of sp³-hybridized carbons (Fsp3) is 0.750. The molecular weight excluding hydrogens is 190 g/mol. The zero-order valence-electron chi connectivity index (χ0n) is 7.23. The van der Waals surface area contributed by atoms with Gasteiger partial charge in [0.05, 0.1) is 0 Å². The van der Waals surface area contributed by atoms with Crippen LogP contribution in [-0.2, 0) is 9.59 Å². The Morgan fingerprint density at radius 3 is 2.77 bits per heavy atom. The third-order valence-electron chi connectivity index (χ3n) is 2.12. The van der Waals surface area contributed by atoms with Gasteiger partial charge in [0.15, 0.2) is 0 Å². The molecule has 4 nitrogen and oxygen atoms in total. The summed E-state index contributed by atoms with van der Waals surface area (Å²) in [6.45, 7) is 0. The van der Waals surface area contributed by atoms with Crippen LogP contribution in [0, 0.1) is 5.92 Å². The summed E-state index contributed by atoms with van der Waals surface area (Å²) in [4.78, 5) is 21.8. The van der Waals surface area contributed by atoms with Gasteiger partial charge in [-0.2, -0.15) is 11.8 Å². The molecule has 0 bridgehead atoms. The Bertz CT molecular complexity index is 213. The molecule has 1 aliphatic heterocycles. The van der Waals surface area contributed by atoms with Gasteiger partial charge in [-0.05, 0) is 12.2 Å². The highest BCUT2D eigenvalue weighted by Crippen LogP contribution is 2.25. The third-order valence-corrected chi connectivity index (χ3v) is 3.29. The van der Waals surface area contributed by atoms with E-state index < -0.39 is 12.0 Å². The Kier molecular flexibility index (Phi) is 3.74. The van der Waals surface area contributed by atoms with Crippen LogP contribution in [0.2, 0.25) is 0 Å². The normalized spacial score (nSPS) is 24.2. The molecule has 1 rings (SSSR count). The van der Waals surface area contributed by atoms with Gasteiger partial charge in [0.1, 0.15) is 11.8 Å². The van der Waals surface area contributed by atoms with Crippen molar-refractivity contribution in [2.45, 2.75) is 18.9 Å². The Hall–Kier alpha value is -0.550. The zero-order valence-corrected chi connectivity index (χ0v) is 8.05. The number of carboxylic acid groups (broad SMARTS) is 1. The Labute approximate surface area is 80.9 Å². The van der Waals surface area contributed by atoms with Crippen LogP contribution in [0.25, 0.3) is 0 Å². The minimum atomic E-state index is -1.10. The van der Waals surface area contributed by atoms with Crippen LogP contribution >= 0.6 is 11.8 Å². The molecule has 0 amide bonds. The van der Waals surface area contributed by atoms with E-state index in [1.165, 1.54) is 0 Å². The largest absolute Gasteiger partial charge is 0.480 e. The van der Waals surface area contributed by atoms with E-state index in [1.807, 2.05) is 0 Å². The summed E-state index contributed by atoms with van der Waals surface area (Å²) in [6, 6.07) is -1.03. The first-order valence-electron chi connectivity index (χ1n) is 4.20. The first kappa shape index (κ1) is 10.5. The van der Waals surface area contributed by atoms with Gasteiger partial charge < -0.3 is 10.8 Å². The minimum absolute atomic E-state index is 0.0000926. The Morgan fingerprint density at radius 2 is 2.31 bits per heavy atom. The first-order chi connectivity index (χ1) is 6.11. The maximum Gasteiger partial charge on any atom is 0.320 e. The van der Waals surface area contributed by atoms with Gasteiger partial charge in [-0.3, -0.25) is 9.59 Å². The molecule has 0 aromatic rings. The molecule has 2 atom stereocenters. The van der Waals surface area contributed by atoms with Crippen LogP contribution in [0.1, 0.15) is 12.8 Å². The first-order valence-corrected chi connectivity index (χ1v) is 5.35. The van der Waals surface area contributed by atoms with Crippen LogP contribution in [0.15, 0.2) is 0 Å². The van der Waals surface area contributed by atoms with Crippen molar-refractivity contribution >= 4 is 23.5 Å². The quantitative estimate of drug-likeness (QED) is 0.678. The number of carboxylic acids is 1. The highest BCUT2D eigenvalue weighted by molar-refractivity contribution is 7.99. The van der Waals surface area contributed by atoms with Crippen molar-refractivity contribution in [3.05, 3.63) is 0 Å². The SMILES string of the molecule is NC(CC(=O)C1CCSC1)C(=O)O. The van der Waals surface area contributed by atoms with Crippen molar-refractivity contribution in [1.82, 2.24) is 0 Å². The number of carbonyl (C=O) groups excluding carboxylic acids is 1. The number of thioether (sulfide) groups is 1. The molecule has 74 valence electrons. The van der Waals surface area contributed by atoms with Crippen molar-refractivity contribution in [3.8, 4) is 0 Å². The molecule has 1 aliphatic rings. The number of hydrogen-bond donors (Lipinski definition) is 2. The smallest absolute Gasteiger partial charge is 0.320 e. The highest BCUT2D eigenvalue weighted by Gasteiger charge is 2.26. The summed E-state index contributed by atoms with van der Waals surface area (Å²) in [5.41, 5.74) is 5.26. The lowest BCUT2D eigenvalue weighted by Gasteiger charge is -2.09. The van der Waals surface area contributed by atoms with Gasteiger partial charge in [-0.15, -0.1) is 0 Å². The van der Waals surface area contributed by atoms with Gasteiger partial charge in [0.2, 0.25) is 0 Å². The average Bonchev–Trinajstić information content (AvgIpc) is 2.55. The molecule has 1 heterocycles. The number of nitrogens with two attached hydrogens (primary N) is 1. The third kappa shape index (κ3) is 3.00. The predicted molar refractivity (Wildman–Crippen MR) is 50.7 cm³/mol. The number of Topliss-reactive ketones (excluding diaryl/α,β-unsaturated/α-hetero) is 1. The van der Waals surface area contributed by atoms with Crippen molar-refractivity contribution in [1.29, 1.82) is 0 Å². The number of hydrogen-bond acceptors (Lipinski definition) is 4. The summed E-state index contributed by atoms with van der Waals surface area (Å²) in [6.07, 6.45) is 0.844. The van der Waals surface area contributed by atoms with E-state index >= 15 is 0 Å². The summed E-state index contributed by atoms with van der Waals surface area (Å²) < 4.78 is 0. The van der Waals surface area contributed by atoms with E-state index in [-0.39, 0.29) is 18.1 Å². The standard InChI is InChI=1S/C8H13NO3S/c9-6(8(11)12)3-7(10)5-1-2-13-4-5/h5-6H,1-4,9H2,(H,11,12). The number of rotatable bonds is 4. The second-order valence-corrected chi connectivity index (χ2v) is 4.33. The van der Waals surface area contributed by atoms with Crippen molar-refractivity contribution in [3.63, 3.8) is 0 Å². The monoisotopic (exact) mass is 203 g/mol. The molecule has 0 spiro atoms. The molecule has 0 aromatic carbocycles. The van der Waals surface area contributed by atoms with E-state index in [4.69, 9.17) is 10.8 Å². The van der Waals surface area contributed by atoms with Gasteiger partial charge in [-0.25, -0.2) is 0 Å². The maximum absolute atomic E-state index is 11.4. The molecule has 0 aliphatic carbocycles. The molecule has 5 heteroatoms. The van der Waals surface area contributed by atoms with Gasteiger partial charge in [0, 0.05) is 18.1 Å². The lowest BCUT2D eigenvalue weighted by molar-refractivity contribution is -0.140. The molecule has 0 saturated carbocycles. The lowest BCUT2D eigenvalue weighted by atomic mass is 9.98. The Morgan fingerprint density at radius 1 is 1.62 bits per heavy atom. The topological polar surface area (TPSA) is 80.4 Å². The summed E-state index contributed by atoms with van der Waals surface area (Å²) in [5.74, 6) is 0.762. The molecule has 0 aromatic heterocycles. The van der Waals surface area contributed by atoms with Gasteiger partial charge in [-0.1, -0.05) is 0 Å². The van der Waals surface area contributed by atoms with Crippen molar-refractivity contribution in [2.75, 3.05) is 11.5 Å². The van der Waals surface area contributed by atoms with E-state index in [0.29, 0.717) is 0 Å². The number of carbonyl (C=O) groups is 2. The van der Waals surface area contributed by atoms with Crippen LogP contribution < -0.4 is 5.73 Å². The highest BCUT2D eigenvalue weighted by atomic mass is 32.2. The molecule has 2 unspecified atom stereocenters.